The van der Waals surface area contributed by atoms with Gasteiger partial charge in [0.25, 0.3) is 5.89 Å². The van der Waals surface area contributed by atoms with Crippen LogP contribution in [0.4, 0.5) is 14.9 Å². The second-order valence-electron chi connectivity index (χ2n) is 4.96. The number of nitrogens with zero attached hydrogens (tertiary/aromatic N) is 3. The smallest absolute Gasteiger partial charge is 0.414 e. The summed E-state index contributed by atoms with van der Waals surface area (Å²) in [6.45, 7) is 2.48. The van der Waals surface area contributed by atoms with Crippen LogP contribution in [0.3, 0.4) is 0 Å². The second kappa shape index (κ2) is 6.29. The van der Waals surface area contributed by atoms with E-state index in [9.17, 15) is 9.18 Å². The lowest BCUT2D eigenvalue weighted by molar-refractivity contribution is 0.143. The van der Waals surface area contributed by atoms with Gasteiger partial charge < -0.3 is 14.6 Å². The number of benzene rings is 1. The summed E-state index contributed by atoms with van der Waals surface area (Å²) in [6.07, 6.45) is 0.318. The first kappa shape index (κ1) is 15.3. The van der Waals surface area contributed by atoms with E-state index in [2.05, 4.69) is 15.5 Å². The number of halogens is 1. The third kappa shape index (κ3) is 3.29. The highest BCUT2D eigenvalue weighted by Crippen LogP contribution is 2.27. The van der Waals surface area contributed by atoms with Gasteiger partial charge in [-0.25, -0.2) is 9.18 Å². The van der Waals surface area contributed by atoms with Gasteiger partial charge >= 0.3 is 6.09 Å². The van der Waals surface area contributed by atoms with E-state index in [1.165, 1.54) is 23.4 Å². The van der Waals surface area contributed by atoms with Crippen molar-refractivity contribution in [1.82, 2.24) is 15.5 Å². The Morgan fingerprint density at radius 3 is 3.04 bits per heavy atom. The summed E-state index contributed by atoms with van der Waals surface area (Å²) in [6, 6.07) is 4.32. The fourth-order valence-electron chi connectivity index (χ4n) is 2.23. The average Bonchev–Trinajstić information content (AvgIpc) is 3.14. The van der Waals surface area contributed by atoms with Gasteiger partial charge in [0.2, 0.25) is 0 Å². The third-order valence-electron chi connectivity index (χ3n) is 3.31. The number of rotatable bonds is 4. The number of ether oxygens (including phenoxy) is 1. The van der Waals surface area contributed by atoms with Crippen LogP contribution >= 0.6 is 12.2 Å². The molecule has 0 aliphatic carbocycles. The van der Waals surface area contributed by atoms with E-state index in [0.29, 0.717) is 23.8 Å². The molecule has 1 aromatic carbocycles. The first-order valence-electron chi connectivity index (χ1n) is 6.84. The molecule has 1 saturated heterocycles. The van der Waals surface area contributed by atoms with Crippen LogP contribution in [0.5, 0.6) is 0 Å². The molecule has 1 atom stereocenters. The van der Waals surface area contributed by atoms with Crippen molar-refractivity contribution in [2.24, 2.45) is 0 Å². The third-order valence-corrected chi connectivity index (χ3v) is 3.45. The summed E-state index contributed by atoms with van der Waals surface area (Å²) in [7, 11) is 0. The number of nitrogens with one attached hydrogen (secondary N) is 1. The molecule has 2 heterocycles. The Bertz CT molecular complexity index is 738. The Balaban J connectivity index is 1.76. The van der Waals surface area contributed by atoms with Gasteiger partial charge in [-0.05, 0) is 25.1 Å². The summed E-state index contributed by atoms with van der Waals surface area (Å²) >= 11 is 4.92. The molecule has 2 aromatic rings. The van der Waals surface area contributed by atoms with Crippen molar-refractivity contribution >= 4 is 29.0 Å². The van der Waals surface area contributed by atoms with Gasteiger partial charge in [-0.15, -0.1) is 0 Å². The molecule has 1 unspecified atom stereocenters. The molecule has 0 saturated carbocycles. The minimum atomic E-state index is -0.559. The molecule has 0 bridgehead atoms. The van der Waals surface area contributed by atoms with Crippen LogP contribution in [-0.2, 0) is 4.74 Å². The van der Waals surface area contributed by atoms with Crippen molar-refractivity contribution in [1.29, 1.82) is 0 Å². The molecule has 1 aliphatic heterocycles. The van der Waals surface area contributed by atoms with Crippen molar-refractivity contribution in [3.05, 3.63) is 30.3 Å². The van der Waals surface area contributed by atoms with Crippen molar-refractivity contribution in [3.8, 4) is 11.5 Å². The highest BCUT2D eigenvalue weighted by molar-refractivity contribution is 7.80. The van der Waals surface area contributed by atoms with Gasteiger partial charge in [-0.3, -0.25) is 4.90 Å². The van der Waals surface area contributed by atoms with E-state index < -0.39 is 11.9 Å². The molecule has 7 nitrogen and oxygen atoms in total. The van der Waals surface area contributed by atoms with Crippen LogP contribution in [0, 0.1) is 5.82 Å². The van der Waals surface area contributed by atoms with Gasteiger partial charge in [0.15, 0.2) is 6.33 Å². The topological polar surface area (TPSA) is 80.5 Å². The van der Waals surface area contributed by atoms with E-state index in [4.69, 9.17) is 21.5 Å². The zero-order valence-electron chi connectivity index (χ0n) is 12.2. The number of aromatic nitrogens is 2. The Morgan fingerprint density at radius 1 is 1.57 bits per heavy atom. The second-order valence-corrected chi connectivity index (χ2v) is 5.58. The van der Waals surface area contributed by atoms with Gasteiger partial charge in [0.1, 0.15) is 11.9 Å². The van der Waals surface area contributed by atoms with Gasteiger partial charge in [-0.1, -0.05) is 17.4 Å². The first-order valence-corrected chi connectivity index (χ1v) is 7.24. The Hall–Kier alpha value is -2.55. The monoisotopic (exact) mass is 336 g/mol. The summed E-state index contributed by atoms with van der Waals surface area (Å²) in [5, 5.41) is 6.39. The molecule has 1 N–H and O–H groups in total. The largest absolute Gasteiger partial charge is 0.442 e. The average molecular weight is 336 g/mol. The molecule has 9 heteroatoms. The maximum atomic E-state index is 14.2. The molecule has 120 valence electrons. The highest BCUT2D eigenvalue weighted by atomic mass is 32.1. The lowest BCUT2D eigenvalue weighted by Crippen LogP contribution is -2.32. The van der Waals surface area contributed by atoms with E-state index in [1.807, 2.05) is 0 Å². The van der Waals surface area contributed by atoms with Crippen LogP contribution in [0.15, 0.2) is 29.0 Å². The predicted octanol–water partition coefficient (Wildman–Crippen LogP) is 2.14. The molecular formula is C14H13FN4O3S. The predicted molar refractivity (Wildman–Crippen MR) is 83.6 cm³/mol. The maximum absolute atomic E-state index is 14.2. The number of hydrogen-bond acceptors (Lipinski definition) is 6. The zero-order valence-corrected chi connectivity index (χ0v) is 13.0. The van der Waals surface area contributed by atoms with E-state index in [1.54, 1.807) is 13.0 Å². The summed E-state index contributed by atoms with van der Waals surface area (Å²) in [4.78, 5) is 17.7. The number of amides is 1. The molecule has 0 spiro atoms. The quantitative estimate of drug-likeness (QED) is 0.857. The van der Waals surface area contributed by atoms with Crippen molar-refractivity contribution in [2.45, 2.75) is 13.0 Å². The zero-order chi connectivity index (χ0) is 16.4. The van der Waals surface area contributed by atoms with Crippen molar-refractivity contribution in [2.75, 3.05) is 18.0 Å². The van der Waals surface area contributed by atoms with Crippen LogP contribution < -0.4 is 10.2 Å². The molecule has 0 radical (unpaired) electrons. The Labute approximate surface area is 136 Å². The van der Waals surface area contributed by atoms with Crippen LogP contribution in [0.25, 0.3) is 11.5 Å². The molecular weight excluding hydrogens is 323 g/mol. The summed E-state index contributed by atoms with van der Waals surface area (Å²) in [5.74, 6) is -0.479. The molecule has 1 fully saturated rings. The number of anilines is 1. The fourth-order valence-corrected chi connectivity index (χ4v) is 2.32. The minimum absolute atomic E-state index is 0.0802. The normalized spacial score (nSPS) is 17.2. The van der Waals surface area contributed by atoms with Gasteiger partial charge in [0, 0.05) is 0 Å². The number of cyclic esters (lactones) is 1. The van der Waals surface area contributed by atoms with E-state index in [-0.39, 0.29) is 17.6 Å². The summed E-state index contributed by atoms with van der Waals surface area (Å²) < 4.78 is 24.3. The van der Waals surface area contributed by atoms with Crippen molar-refractivity contribution < 1.29 is 18.4 Å². The molecule has 1 aromatic heterocycles. The molecule has 1 amide bonds. The van der Waals surface area contributed by atoms with Crippen LogP contribution in [-0.4, -0.2) is 40.4 Å². The first-order chi connectivity index (χ1) is 11.0. The highest BCUT2D eigenvalue weighted by Gasteiger charge is 2.32. The number of carbonyl (C=O) groups is 1. The van der Waals surface area contributed by atoms with Crippen LogP contribution in [0.1, 0.15) is 6.92 Å². The lowest BCUT2D eigenvalue weighted by Gasteiger charge is -2.14. The lowest BCUT2D eigenvalue weighted by atomic mass is 10.1. The van der Waals surface area contributed by atoms with E-state index in [0.717, 1.165) is 0 Å². The standard InChI is InChI=1S/C14H13FN4O3S/c1-8(23)16-5-10-6-19(14(20)21-10)9-2-3-11(12(15)4-9)13-17-7-18-22-13/h2-4,7,10H,5-6H2,1H3,(H,16,23). The SMILES string of the molecule is CC(=S)NCC1CN(c2ccc(-c3ncno3)c(F)c2)C(=O)O1. The summed E-state index contributed by atoms with van der Waals surface area (Å²) in [5.41, 5.74) is 0.575. The maximum Gasteiger partial charge on any atom is 0.414 e. The Kier molecular flexibility index (Phi) is 4.20. The van der Waals surface area contributed by atoms with Crippen molar-refractivity contribution in [3.63, 3.8) is 0 Å². The fraction of sp³-hybridized carbons (Fsp3) is 0.286. The number of carbonyl (C=O) groups excluding carboxylic acids is 1. The minimum Gasteiger partial charge on any atom is -0.442 e. The number of thiocarbonyl (C=S) groups is 1. The van der Waals surface area contributed by atoms with Gasteiger partial charge in [-0.2, -0.15) is 4.98 Å². The molecule has 3 rings (SSSR count). The van der Waals surface area contributed by atoms with E-state index >= 15 is 0 Å². The van der Waals surface area contributed by atoms with Gasteiger partial charge in [0.05, 0.1) is 29.3 Å². The molecule has 23 heavy (non-hydrogen) atoms. The number of hydrogen-bond donors (Lipinski definition) is 1. The Morgan fingerprint density at radius 2 is 2.39 bits per heavy atom. The molecule has 1 aliphatic rings. The van der Waals surface area contributed by atoms with Crippen LogP contribution in [0.2, 0.25) is 0 Å².